The lowest BCUT2D eigenvalue weighted by Gasteiger charge is -2.02. The van der Waals surface area contributed by atoms with E-state index in [1.54, 1.807) is 6.07 Å². The van der Waals surface area contributed by atoms with Gasteiger partial charge in [-0.1, -0.05) is 0 Å². The van der Waals surface area contributed by atoms with Crippen LogP contribution in [0.2, 0.25) is 0 Å². The highest BCUT2D eigenvalue weighted by molar-refractivity contribution is 5.94. The molecular formula is C9H10N2O3. The first-order chi connectivity index (χ1) is 6.69. The molecule has 0 saturated heterocycles. The van der Waals surface area contributed by atoms with Gasteiger partial charge in [-0.25, -0.2) is 4.79 Å². The van der Waals surface area contributed by atoms with Gasteiger partial charge in [0, 0.05) is 0 Å². The van der Waals surface area contributed by atoms with Gasteiger partial charge >= 0.3 is 5.97 Å². The van der Waals surface area contributed by atoms with Gasteiger partial charge in [-0.15, -0.1) is 0 Å². The molecule has 1 aromatic carbocycles. The number of nitrogens with zero attached hydrogens (tertiary/aromatic N) is 1. The van der Waals surface area contributed by atoms with Crippen LogP contribution >= 0.6 is 0 Å². The number of hydrogen-bond donors (Lipinski definition) is 2. The number of aromatic hydroxyl groups is 1. The van der Waals surface area contributed by atoms with Crippen LogP contribution in [-0.2, 0) is 4.74 Å². The minimum absolute atomic E-state index is 0.0879. The van der Waals surface area contributed by atoms with Gasteiger partial charge in [-0.2, -0.15) is 5.10 Å². The SMILES string of the molecule is COC(=O)c1cc(C=NN)ccc1O. The molecule has 14 heavy (non-hydrogen) atoms. The summed E-state index contributed by atoms with van der Waals surface area (Å²) in [5.41, 5.74) is 0.704. The van der Waals surface area contributed by atoms with E-state index >= 15 is 0 Å². The zero-order valence-corrected chi connectivity index (χ0v) is 7.60. The Labute approximate surface area is 80.8 Å². The lowest BCUT2D eigenvalue weighted by Crippen LogP contribution is -2.02. The Bertz CT molecular complexity index is 374. The molecule has 1 aromatic rings. The summed E-state index contributed by atoms with van der Waals surface area (Å²) < 4.78 is 4.48. The van der Waals surface area contributed by atoms with Crippen LogP contribution in [0.1, 0.15) is 15.9 Å². The minimum Gasteiger partial charge on any atom is -0.507 e. The van der Waals surface area contributed by atoms with Crippen molar-refractivity contribution in [1.29, 1.82) is 0 Å². The van der Waals surface area contributed by atoms with E-state index in [4.69, 9.17) is 5.84 Å². The summed E-state index contributed by atoms with van der Waals surface area (Å²) in [7, 11) is 1.24. The number of esters is 1. The maximum atomic E-state index is 11.1. The fourth-order valence-corrected chi connectivity index (χ4v) is 0.993. The number of methoxy groups -OCH3 is 1. The number of rotatable bonds is 2. The van der Waals surface area contributed by atoms with E-state index in [0.29, 0.717) is 5.56 Å². The summed E-state index contributed by atoms with van der Waals surface area (Å²) in [5.74, 6) is 4.21. The molecule has 5 heteroatoms. The van der Waals surface area contributed by atoms with Gasteiger partial charge in [0.2, 0.25) is 0 Å². The molecule has 0 amide bonds. The first kappa shape index (κ1) is 10.0. The Morgan fingerprint density at radius 1 is 1.64 bits per heavy atom. The van der Waals surface area contributed by atoms with Crippen molar-refractivity contribution in [3.8, 4) is 5.75 Å². The van der Waals surface area contributed by atoms with Crippen molar-refractivity contribution >= 4 is 12.2 Å². The van der Waals surface area contributed by atoms with Crippen molar-refractivity contribution < 1.29 is 14.6 Å². The summed E-state index contributed by atoms with van der Waals surface area (Å²) in [6.07, 6.45) is 1.37. The molecule has 0 heterocycles. The fourth-order valence-electron chi connectivity index (χ4n) is 0.993. The maximum Gasteiger partial charge on any atom is 0.341 e. The molecule has 0 bridgehead atoms. The molecule has 0 aromatic heterocycles. The molecule has 5 nitrogen and oxygen atoms in total. The lowest BCUT2D eigenvalue weighted by molar-refractivity contribution is 0.0597. The monoisotopic (exact) mass is 194 g/mol. The second kappa shape index (κ2) is 4.27. The topological polar surface area (TPSA) is 84.9 Å². The molecule has 0 fully saturated rings. The molecule has 0 aliphatic carbocycles. The van der Waals surface area contributed by atoms with Crippen molar-refractivity contribution in [2.75, 3.05) is 7.11 Å². The van der Waals surface area contributed by atoms with Crippen LogP contribution in [0.3, 0.4) is 0 Å². The second-order valence-corrected chi connectivity index (χ2v) is 2.55. The van der Waals surface area contributed by atoms with Gasteiger partial charge in [0.25, 0.3) is 0 Å². The maximum absolute atomic E-state index is 11.1. The molecule has 3 N–H and O–H groups in total. The third-order valence-electron chi connectivity index (χ3n) is 1.65. The molecule has 0 unspecified atom stereocenters. The summed E-state index contributed by atoms with van der Waals surface area (Å²) >= 11 is 0. The Morgan fingerprint density at radius 3 is 2.93 bits per heavy atom. The normalized spacial score (nSPS) is 10.4. The molecule has 1 rings (SSSR count). The highest BCUT2D eigenvalue weighted by Crippen LogP contribution is 2.18. The van der Waals surface area contributed by atoms with E-state index in [-0.39, 0.29) is 11.3 Å². The van der Waals surface area contributed by atoms with E-state index in [0.717, 1.165) is 0 Å². The van der Waals surface area contributed by atoms with Crippen LogP contribution in [0.4, 0.5) is 0 Å². The lowest BCUT2D eigenvalue weighted by atomic mass is 10.1. The number of phenolic OH excluding ortho intramolecular Hbond substituents is 1. The number of carbonyl (C=O) groups is 1. The van der Waals surface area contributed by atoms with Gasteiger partial charge in [0.05, 0.1) is 13.3 Å². The smallest absolute Gasteiger partial charge is 0.341 e. The van der Waals surface area contributed by atoms with E-state index in [9.17, 15) is 9.90 Å². The summed E-state index contributed by atoms with van der Waals surface area (Å²) in [5, 5.41) is 12.6. The average molecular weight is 194 g/mol. The van der Waals surface area contributed by atoms with E-state index < -0.39 is 5.97 Å². The van der Waals surface area contributed by atoms with Crippen molar-refractivity contribution in [2.45, 2.75) is 0 Å². The minimum atomic E-state index is -0.602. The predicted octanol–water partition coefficient (Wildman–Crippen LogP) is 0.471. The second-order valence-electron chi connectivity index (χ2n) is 2.55. The van der Waals surface area contributed by atoms with Crippen molar-refractivity contribution in [3.05, 3.63) is 29.3 Å². The Morgan fingerprint density at radius 2 is 2.36 bits per heavy atom. The molecule has 0 aliphatic rings. The number of nitrogens with two attached hydrogens (primary N) is 1. The number of benzene rings is 1. The zero-order chi connectivity index (χ0) is 10.6. The van der Waals surface area contributed by atoms with Gasteiger partial charge in [0.1, 0.15) is 11.3 Å². The molecule has 74 valence electrons. The Balaban J connectivity index is 3.14. The summed E-state index contributed by atoms with van der Waals surface area (Å²) in [6, 6.07) is 4.40. The molecule has 0 radical (unpaired) electrons. The largest absolute Gasteiger partial charge is 0.507 e. The van der Waals surface area contributed by atoms with E-state index in [2.05, 4.69) is 9.84 Å². The van der Waals surface area contributed by atoms with Crippen LogP contribution in [-0.4, -0.2) is 24.4 Å². The molecule has 0 aliphatic heterocycles. The third-order valence-corrected chi connectivity index (χ3v) is 1.65. The highest BCUT2D eigenvalue weighted by atomic mass is 16.5. The molecular weight excluding hydrogens is 184 g/mol. The Kier molecular flexibility index (Phi) is 3.06. The van der Waals surface area contributed by atoms with Crippen molar-refractivity contribution in [1.82, 2.24) is 0 Å². The van der Waals surface area contributed by atoms with Crippen LogP contribution in [0, 0.1) is 0 Å². The van der Waals surface area contributed by atoms with Crippen LogP contribution in [0.25, 0.3) is 0 Å². The number of ether oxygens (including phenoxy) is 1. The van der Waals surface area contributed by atoms with Gasteiger partial charge < -0.3 is 15.7 Å². The first-order valence-electron chi connectivity index (χ1n) is 3.83. The first-order valence-corrected chi connectivity index (χ1v) is 3.83. The molecule has 0 saturated carbocycles. The average Bonchev–Trinajstić information content (AvgIpc) is 2.20. The summed E-state index contributed by atoms with van der Waals surface area (Å²) in [4.78, 5) is 11.1. The number of hydrazone groups is 1. The van der Waals surface area contributed by atoms with Gasteiger partial charge in [-0.3, -0.25) is 0 Å². The van der Waals surface area contributed by atoms with Crippen LogP contribution < -0.4 is 5.84 Å². The van der Waals surface area contributed by atoms with Crippen LogP contribution in [0.5, 0.6) is 5.75 Å². The van der Waals surface area contributed by atoms with Crippen molar-refractivity contribution in [2.24, 2.45) is 10.9 Å². The quantitative estimate of drug-likeness (QED) is 0.310. The zero-order valence-electron chi connectivity index (χ0n) is 7.60. The Hall–Kier alpha value is -2.04. The van der Waals surface area contributed by atoms with E-state index in [1.165, 1.54) is 25.5 Å². The van der Waals surface area contributed by atoms with Gasteiger partial charge in [0.15, 0.2) is 0 Å². The molecule has 0 atom stereocenters. The highest BCUT2D eigenvalue weighted by Gasteiger charge is 2.11. The van der Waals surface area contributed by atoms with Gasteiger partial charge in [-0.05, 0) is 23.8 Å². The number of hydrogen-bond acceptors (Lipinski definition) is 5. The van der Waals surface area contributed by atoms with Crippen molar-refractivity contribution in [3.63, 3.8) is 0 Å². The number of carbonyl (C=O) groups excluding carboxylic acids is 1. The predicted molar refractivity (Wildman–Crippen MR) is 51.2 cm³/mol. The molecule has 0 spiro atoms. The third kappa shape index (κ3) is 2.01. The van der Waals surface area contributed by atoms with Crippen LogP contribution in [0.15, 0.2) is 23.3 Å². The number of phenols is 1. The fraction of sp³-hybridized carbons (Fsp3) is 0.111. The summed E-state index contributed by atoms with van der Waals surface area (Å²) in [6.45, 7) is 0. The standard InChI is InChI=1S/C9H10N2O3/c1-14-9(13)7-4-6(5-11-10)2-3-8(7)12/h2-5,12H,10H2,1H3. The van der Waals surface area contributed by atoms with E-state index in [1.807, 2.05) is 0 Å².